The molecule has 0 aromatic carbocycles. The maximum Gasteiger partial charge on any atom is 0.309 e. The molecule has 2 saturated carbocycles. The highest BCUT2D eigenvalue weighted by Crippen LogP contribution is 2.61. The number of carboxylic acid groups (broad SMARTS) is 1. The van der Waals surface area contributed by atoms with E-state index in [1.807, 2.05) is 19.9 Å². The lowest BCUT2D eigenvalue weighted by Gasteiger charge is -2.57. The average Bonchev–Trinajstić information content (AvgIpc) is 2.45. The van der Waals surface area contributed by atoms with Gasteiger partial charge in [-0.3, -0.25) is 9.59 Å². The third kappa shape index (κ3) is 2.66. The molecule has 1 N–H and O–H groups in total. The SMILES string of the molecule is C=C1CCC2[C@@](C)(CCC[C@]2(C)C(=O)O)C1CC=C(C)C=O. The number of rotatable bonds is 4. The minimum Gasteiger partial charge on any atom is -0.481 e. The first kappa shape index (κ1) is 17.0. The Hall–Kier alpha value is -1.38. The lowest BCUT2D eigenvalue weighted by atomic mass is 9.46. The monoisotopic (exact) mass is 304 g/mol. The van der Waals surface area contributed by atoms with Crippen LogP contribution < -0.4 is 0 Å². The van der Waals surface area contributed by atoms with Crippen molar-refractivity contribution in [3.63, 3.8) is 0 Å². The summed E-state index contributed by atoms with van der Waals surface area (Å²) in [4.78, 5) is 22.7. The number of aldehydes is 1. The van der Waals surface area contributed by atoms with E-state index in [2.05, 4.69) is 13.5 Å². The summed E-state index contributed by atoms with van der Waals surface area (Å²) in [6, 6.07) is 0. The molecule has 0 heterocycles. The summed E-state index contributed by atoms with van der Waals surface area (Å²) in [5.41, 5.74) is 1.31. The van der Waals surface area contributed by atoms with Crippen LogP contribution in [0.3, 0.4) is 0 Å². The Kier molecular flexibility index (Phi) is 4.65. The lowest BCUT2D eigenvalue weighted by Crippen LogP contribution is -2.53. The topological polar surface area (TPSA) is 54.4 Å². The molecule has 3 heteroatoms. The maximum absolute atomic E-state index is 11.9. The van der Waals surface area contributed by atoms with Gasteiger partial charge in [0, 0.05) is 0 Å². The van der Waals surface area contributed by atoms with Gasteiger partial charge in [0.2, 0.25) is 0 Å². The molecule has 122 valence electrons. The Morgan fingerprint density at radius 1 is 1.41 bits per heavy atom. The molecule has 2 aliphatic carbocycles. The zero-order valence-corrected chi connectivity index (χ0v) is 14.0. The molecule has 2 fully saturated rings. The van der Waals surface area contributed by atoms with Crippen molar-refractivity contribution in [3.8, 4) is 0 Å². The van der Waals surface area contributed by atoms with Crippen LogP contribution in [0.1, 0.15) is 59.3 Å². The van der Waals surface area contributed by atoms with Crippen LogP contribution in [0.15, 0.2) is 23.8 Å². The second-order valence-corrected chi connectivity index (χ2v) is 7.69. The number of hydrogen-bond donors (Lipinski definition) is 1. The molecule has 2 unspecified atom stereocenters. The van der Waals surface area contributed by atoms with Crippen molar-refractivity contribution in [3.05, 3.63) is 23.8 Å². The Balaban J connectivity index is 2.36. The van der Waals surface area contributed by atoms with Crippen LogP contribution in [0.4, 0.5) is 0 Å². The molecule has 0 aliphatic heterocycles. The van der Waals surface area contributed by atoms with E-state index in [4.69, 9.17) is 0 Å². The van der Waals surface area contributed by atoms with Gasteiger partial charge < -0.3 is 5.11 Å². The van der Waals surface area contributed by atoms with Crippen molar-refractivity contribution in [2.75, 3.05) is 0 Å². The molecule has 0 aromatic heterocycles. The minimum absolute atomic E-state index is 0.0274. The smallest absolute Gasteiger partial charge is 0.309 e. The molecular weight excluding hydrogens is 276 g/mol. The fraction of sp³-hybridized carbons (Fsp3) is 0.684. The summed E-state index contributed by atoms with van der Waals surface area (Å²) in [6.45, 7) is 10.3. The standard InChI is InChI=1S/C19H28O3/c1-13(12-20)6-8-15-14(2)7-9-16-18(15,3)10-5-11-19(16,4)17(21)22/h6,12,15-16H,2,5,7-11H2,1,3-4H3,(H,21,22)/t15?,16?,18-,19-/m0/s1. The number of aliphatic carboxylic acids is 1. The Morgan fingerprint density at radius 3 is 2.68 bits per heavy atom. The van der Waals surface area contributed by atoms with Gasteiger partial charge >= 0.3 is 5.97 Å². The molecule has 0 bridgehead atoms. The van der Waals surface area contributed by atoms with Crippen LogP contribution in [0.2, 0.25) is 0 Å². The van der Waals surface area contributed by atoms with E-state index < -0.39 is 11.4 Å². The normalized spacial score (nSPS) is 39.2. The van der Waals surface area contributed by atoms with Crippen LogP contribution in [-0.4, -0.2) is 17.4 Å². The molecule has 2 aliphatic rings. The van der Waals surface area contributed by atoms with Gasteiger partial charge in [-0.15, -0.1) is 0 Å². The summed E-state index contributed by atoms with van der Waals surface area (Å²) in [6.07, 6.45) is 8.27. The van der Waals surface area contributed by atoms with Crippen LogP contribution in [0.5, 0.6) is 0 Å². The third-order valence-corrected chi connectivity index (χ3v) is 6.37. The quantitative estimate of drug-likeness (QED) is 0.476. The zero-order chi connectivity index (χ0) is 16.5. The number of allylic oxidation sites excluding steroid dienone is 3. The lowest BCUT2D eigenvalue weighted by molar-refractivity contribution is -0.164. The van der Waals surface area contributed by atoms with Gasteiger partial charge in [-0.1, -0.05) is 31.6 Å². The highest BCUT2D eigenvalue weighted by atomic mass is 16.4. The van der Waals surface area contributed by atoms with Crippen molar-refractivity contribution in [1.82, 2.24) is 0 Å². The molecule has 3 nitrogen and oxygen atoms in total. The molecule has 2 rings (SSSR count). The second-order valence-electron chi connectivity index (χ2n) is 7.69. The highest BCUT2D eigenvalue weighted by molar-refractivity contribution is 5.75. The molecular formula is C19H28O3. The second kappa shape index (κ2) is 6.02. The number of carboxylic acids is 1. The number of hydrogen-bond acceptors (Lipinski definition) is 2. The maximum atomic E-state index is 11.9. The number of carbonyl (C=O) groups is 2. The first-order chi connectivity index (χ1) is 10.3. The van der Waals surface area contributed by atoms with Gasteiger partial charge in [-0.25, -0.2) is 0 Å². The molecule has 4 atom stereocenters. The van der Waals surface area contributed by atoms with E-state index in [0.717, 1.165) is 50.4 Å². The van der Waals surface area contributed by atoms with E-state index in [-0.39, 0.29) is 17.3 Å². The van der Waals surface area contributed by atoms with Crippen LogP contribution in [-0.2, 0) is 9.59 Å². The number of carbonyl (C=O) groups excluding carboxylic acids is 1. The molecule has 0 spiro atoms. The molecule has 0 radical (unpaired) electrons. The Labute approximate surface area is 133 Å². The van der Waals surface area contributed by atoms with Gasteiger partial charge in [0.15, 0.2) is 0 Å². The first-order valence-corrected chi connectivity index (χ1v) is 8.28. The van der Waals surface area contributed by atoms with E-state index in [9.17, 15) is 14.7 Å². The van der Waals surface area contributed by atoms with Crippen molar-refractivity contribution >= 4 is 12.3 Å². The Morgan fingerprint density at radius 2 is 2.09 bits per heavy atom. The van der Waals surface area contributed by atoms with Crippen LogP contribution in [0.25, 0.3) is 0 Å². The van der Waals surface area contributed by atoms with Gasteiger partial charge in [0.25, 0.3) is 0 Å². The zero-order valence-electron chi connectivity index (χ0n) is 14.0. The third-order valence-electron chi connectivity index (χ3n) is 6.37. The van der Waals surface area contributed by atoms with Crippen molar-refractivity contribution in [2.45, 2.75) is 59.3 Å². The van der Waals surface area contributed by atoms with E-state index >= 15 is 0 Å². The van der Waals surface area contributed by atoms with E-state index in [1.165, 1.54) is 5.57 Å². The Bertz CT molecular complexity index is 519. The minimum atomic E-state index is -0.658. The predicted molar refractivity (Wildman–Crippen MR) is 87.5 cm³/mol. The number of fused-ring (bicyclic) bond motifs is 1. The fourth-order valence-electron chi connectivity index (χ4n) is 4.99. The summed E-state index contributed by atoms with van der Waals surface area (Å²) in [7, 11) is 0. The highest BCUT2D eigenvalue weighted by Gasteiger charge is 2.57. The molecule has 0 aromatic rings. The van der Waals surface area contributed by atoms with Gasteiger partial charge in [0.05, 0.1) is 5.41 Å². The van der Waals surface area contributed by atoms with E-state index in [1.54, 1.807) is 0 Å². The average molecular weight is 304 g/mol. The first-order valence-electron chi connectivity index (χ1n) is 8.28. The van der Waals surface area contributed by atoms with Crippen LogP contribution in [0, 0.1) is 22.7 Å². The largest absolute Gasteiger partial charge is 0.481 e. The summed E-state index contributed by atoms with van der Waals surface area (Å²) < 4.78 is 0. The molecule has 22 heavy (non-hydrogen) atoms. The molecule has 0 saturated heterocycles. The van der Waals surface area contributed by atoms with Gasteiger partial charge in [-0.05, 0) is 68.8 Å². The summed E-state index contributed by atoms with van der Waals surface area (Å²) >= 11 is 0. The summed E-state index contributed by atoms with van der Waals surface area (Å²) in [5, 5.41) is 9.78. The van der Waals surface area contributed by atoms with Crippen molar-refractivity contribution in [2.24, 2.45) is 22.7 Å². The van der Waals surface area contributed by atoms with Crippen molar-refractivity contribution in [1.29, 1.82) is 0 Å². The molecule has 0 amide bonds. The van der Waals surface area contributed by atoms with Gasteiger partial charge in [-0.2, -0.15) is 0 Å². The van der Waals surface area contributed by atoms with E-state index in [0.29, 0.717) is 0 Å². The summed E-state index contributed by atoms with van der Waals surface area (Å²) in [5.74, 6) is -0.193. The predicted octanol–water partition coefficient (Wildman–Crippen LogP) is 4.39. The van der Waals surface area contributed by atoms with Crippen molar-refractivity contribution < 1.29 is 14.7 Å². The van der Waals surface area contributed by atoms with Crippen LogP contribution >= 0.6 is 0 Å². The van der Waals surface area contributed by atoms with Gasteiger partial charge in [0.1, 0.15) is 6.29 Å². The fourth-order valence-corrected chi connectivity index (χ4v) is 4.99.